The van der Waals surface area contributed by atoms with Crippen LogP contribution in [0.3, 0.4) is 0 Å². The molecule has 0 bridgehead atoms. The second-order valence-corrected chi connectivity index (χ2v) is 9.70. The number of carbonyl (C=O) groups excluding carboxylic acids is 2. The summed E-state index contributed by atoms with van der Waals surface area (Å²) in [5.41, 5.74) is 1.12. The Labute approximate surface area is 185 Å². The van der Waals surface area contributed by atoms with Crippen molar-refractivity contribution in [3.63, 3.8) is 0 Å². The Morgan fingerprint density at radius 1 is 1.03 bits per heavy atom. The first-order chi connectivity index (χ1) is 14.9. The molecule has 1 aromatic heterocycles. The van der Waals surface area contributed by atoms with E-state index in [9.17, 15) is 18.0 Å². The molecule has 1 fully saturated rings. The predicted molar refractivity (Wildman–Crippen MR) is 117 cm³/mol. The van der Waals surface area contributed by atoms with Crippen molar-refractivity contribution in [1.29, 1.82) is 0 Å². The molecular formula is C22H21ClN2O5S. The lowest BCUT2D eigenvalue weighted by Crippen LogP contribution is -2.35. The highest BCUT2D eigenvalue weighted by Crippen LogP contribution is 2.26. The van der Waals surface area contributed by atoms with Gasteiger partial charge in [-0.2, -0.15) is 4.31 Å². The minimum absolute atomic E-state index is 0.0197. The zero-order chi connectivity index (χ0) is 22.0. The van der Waals surface area contributed by atoms with Gasteiger partial charge < -0.3 is 9.72 Å². The van der Waals surface area contributed by atoms with Gasteiger partial charge in [0.1, 0.15) is 0 Å². The van der Waals surface area contributed by atoms with Crippen LogP contribution in [0.1, 0.15) is 40.0 Å². The molecule has 1 N–H and O–H groups in total. The molecule has 3 aromatic rings. The molecule has 31 heavy (non-hydrogen) atoms. The number of sulfonamides is 1. The summed E-state index contributed by atoms with van der Waals surface area (Å²) in [6.45, 7) is 0.411. The summed E-state index contributed by atoms with van der Waals surface area (Å²) < 4.78 is 32.4. The summed E-state index contributed by atoms with van der Waals surface area (Å²) in [5, 5.41) is 0.790. The monoisotopic (exact) mass is 460 g/mol. The summed E-state index contributed by atoms with van der Waals surface area (Å²) in [6, 6.07) is 11.2. The molecule has 1 aliphatic heterocycles. The van der Waals surface area contributed by atoms with Gasteiger partial charge >= 0.3 is 5.97 Å². The quantitative estimate of drug-likeness (QED) is 0.442. The second kappa shape index (κ2) is 8.82. The van der Waals surface area contributed by atoms with E-state index in [1.165, 1.54) is 22.5 Å². The van der Waals surface area contributed by atoms with Crippen LogP contribution < -0.4 is 0 Å². The summed E-state index contributed by atoms with van der Waals surface area (Å²) in [5.74, 6) is -1.23. The van der Waals surface area contributed by atoms with Gasteiger partial charge in [0.05, 0.1) is 15.5 Å². The van der Waals surface area contributed by atoms with E-state index in [1.54, 1.807) is 12.3 Å². The number of H-pyrrole nitrogens is 1. The van der Waals surface area contributed by atoms with Crippen LogP contribution in [-0.4, -0.2) is 49.2 Å². The normalized spacial score (nSPS) is 15.1. The smallest absolute Gasteiger partial charge is 0.340 e. The minimum Gasteiger partial charge on any atom is -0.454 e. The van der Waals surface area contributed by atoms with Crippen LogP contribution in [0.25, 0.3) is 10.9 Å². The summed E-state index contributed by atoms with van der Waals surface area (Å²) in [6.07, 6.45) is 4.17. The lowest BCUT2D eigenvalue weighted by molar-refractivity contribution is 0.0475. The number of ether oxygens (including phenoxy) is 1. The van der Waals surface area contributed by atoms with Crippen LogP contribution in [0.2, 0.25) is 5.02 Å². The highest BCUT2D eigenvalue weighted by atomic mass is 35.5. The number of nitrogens with one attached hydrogen (secondary N) is 1. The van der Waals surface area contributed by atoms with Crippen LogP contribution in [-0.2, 0) is 14.8 Å². The van der Waals surface area contributed by atoms with Crippen LogP contribution >= 0.6 is 11.6 Å². The molecule has 0 spiro atoms. The van der Waals surface area contributed by atoms with E-state index in [0.717, 1.165) is 30.2 Å². The maximum Gasteiger partial charge on any atom is 0.340 e. The van der Waals surface area contributed by atoms with Gasteiger partial charge in [0.2, 0.25) is 15.8 Å². The Kier molecular flexibility index (Phi) is 6.13. The van der Waals surface area contributed by atoms with E-state index in [0.29, 0.717) is 18.7 Å². The van der Waals surface area contributed by atoms with E-state index in [1.807, 2.05) is 18.2 Å². The van der Waals surface area contributed by atoms with Gasteiger partial charge in [-0.25, -0.2) is 13.2 Å². The Balaban J connectivity index is 1.50. The number of carbonyl (C=O) groups is 2. The third kappa shape index (κ3) is 4.37. The fourth-order valence-electron chi connectivity index (χ4n) is 3.66. The molecule has 0 amide bonds. The fraction of sp³-hybridized carbons (Fsp3) is 0.273. The summed E-state index contributed by atoms with van der Waals surface area (Å²) >= 11 is 6.12. The molecule has 7 nitrogen and oxygen atoms in total. The highest BCUT2D eigenvalue weighted by Gasteiger charge is 2.27. The zero-order valence-electron chi connectivity index (χ0n) is 16.6. The van der Waals surface area contributed by atoms with E-state index in [2.05, 4.69) is 4.98 Å². The Bertz CT molecular complexity index is 1250. The number of Topliss-reactive ketones (excluding diaryl/α,β-unsaturated/α-hetero) is 1. The van der Waals surface area contributed by atoms with Crippen molar-refractivity contribution >= 4 is 44.3 Å². The number of benzene rings is 2. The molecule has 1 saturated heterocycles. The van der Waals surface area contributed by atoms with Crippen molar-refractivity contribution in [2.75, 3.05) is 19.7 Å². The lowest BCUT2D eigenvalue weighted by Gasteiger charge is -2.26. The first-order valence-electron chi connectivity index (χ1n) is 9.94. The number of aromatic nitrogens is 1. The number of hydrogen-bond acceptors (Lipinski definition) is 5. The largest absolute Gasteiger partial charge is 0.454 e. The number of esters is 1. The third-order valence-electron chi connectivity index (χ3n) is 5.33. The van der Waals surface area contributed by atoms with Gasteiger partial charge in [0, 0.05) is 35.8 Å². The van der Waals surface area contributed by atoms with Crippen molar-refractivity contribution < 1.29 is 22.7 Å². The van der Waals surface area contributed by atoms with Crippen LogP contribution in [0.5, 0.6) is 0 Å². The number of nitrogens with zero attached hydrogens (tertiary/aromatic N) is 1. The first kappa shape index (κ1) is 21.5. The fourth-order valence-corrected chi connectivity index (χ4v) is 5.40. The molecule has 0 unspecified atom stereocenters. The maximum atomic E-state index is 12.9. The SMILES string of the molecule is O=C(OCC(=O)c1c[nH]c2ccccc12)c1cc(S(=O)(=O)N2CCCCC2)ccc1Cl. The molecular weight excluding hydrogens is 440 g/mol. The average Bonchev–Trinajstić information content (AvgIpc) is 3.22. The predicted octanol–water partition coefficient (Wildman–Crippen LogP) is 4.04. The molecule has 2 heterocycles. The molecule has 0 saturated carbocycles. The Morgan fingerprint density at radius 2 is 1.77 bits per heavy atom. The van der Waals surface area contributed by atoms with Crippen molar-refractivity contribution in [1.82, 2.24) is 9.29 Å². The second-order valence-electron chi connectivity index (χ2n) is 7.35. The summed E-state index contributed by atoms with van der Waals surface area (Å²) in [7, 11) is -3.73. The number of aromatic amines is 1. The number of ketones is 1. The van der Waals surface area contributed by atoms with Crippen LogP contribution in [0, 0.1) is 0 Å². The topological polar surface area (TPSA) is 96.5 Å². The van der Waals surface area contributed by atoms with E-state index in [4.69, 9.17) is 16.3 Å². The van der Waals surface area contributed by atoms with Crippen molar-refractivity contribution in [2.45, 2.75) is 24.2 Å². The highest BCUT2D eigenvalue weighted by molar-refractivity contribution is 7.89. The summed E-state index contributed by atoms with van der Waals surface area (Å²) in [4.78, 5) is 28.1. The third-order valence-corrected chi connectivity index (χ3v) is 7.56. The van der Waals surface area contributed by atoms with Gasteiger partial charge in [0.25, 0.3) is 0 Å². The number of piperidine rings is 1. The number of hydrogen-bond donors (Lipinski definition) is 1. The van der Waals surface area contributed by atoms with E-state index < -0.39 is 22.6 Å². The molecule has 0 aliphatic carbocycles. The van der Waals surface area contributed by atoms with Crippen LogP contribution in [0.15, 0.2) is 53.6 Å². The maximum absolute atomic E-state index is 12.9. The number of halogens is 1. The standard InChI is InChI=1S/C22H21ClN2O5S/c23-19-9-8-15(31(28,29)25-10-4-1-5-11-25)12-17(19)22(27)30-14-21(26)18-13-24-20-7-3-2-6-16(18)20/h2-3,6-9,12-13,24H,1,4-5,10-11,14H2. The first-order valence-corrected chi connectivity index (χ1v) is 11.8. The van der Waals surface area contributed by atoms with Gasteiger partial charge in [-0.15, -0.1) is 0 Å². The Morgan fingerprint density at radius 3 is 2.55 bits per heavy atom. The van der Waals surface area contributed by atoms with Crippen molar-refractivity contribution in [3.05, 3.63) is 64.8 Å². The van der Waals surface area contributed by atoms with Crippen molar-refractivity contribution in [2.24, 2.45) is 0 Å². The molecule has 1 aliphatic rings. The van der Waals surface area contributed by atoms with Crippen LogP contribution in [0.4, 0.5) is 0 Å². The zero-order valence-corrected chi connectivity index (χ0v) is 18.2. The Hall–Kier alpha value is -2.68. The number of para-hydroxylation sites is 1. The molecule has 2 aromatic carbocycles. The molecule has 0 atom stereocenters. The molecule has 9 heteroatoms. The van der Waals surface area contributed by atoms with Gasteiger partial charge in [-0.1, -0.05) is 36.2 Å². The lowest BCUT2D eigenvalue weighted by atomic mass is 10.1. The molecule has 0 radical (unpaired) electrons. The van der Waals surface area contributed by atoms with E-state index >= 15 is 0 Å². The molecule has 4 rings (SSSR count). The van der Waals surface area contributed by atoms with Gasteiger partial charge in [0.15, 0.2) is 6.61 Å². The van der Waals surface area contributed by atoms with Gasteiger partial charge in [-0.05, 0) is 37.1 Å². The minimum atomic E-state index is -3.73. The van der Waals surface area contributed by atoms with E-state index in [-0.39, 0.29) is 21.3 Å². The molecule has 162 valence electrons. The van der Waals surface area contributed by atoms with Crippen molar-refractivity contribution in [3.8, 4) is 0 Å². The van der Waals surface area contributed by atoms with Gasteiger partial charge in [-0.3, -0.25) is 4.79 Å². The average molecular weight is 461 g/mol. The number of rotatable bonds is 6. The number of fused-ring (bicyclic) bond motifs is 1.